The molecule has 2 heterocycles. The molecule has 0 aliphatic rings. The number of aryl methyl sites for hydroxylation is 2. The SMILES string of the molecule is CCCCNC(=S)N(Cc1cccnc1)Cc1cc2cc(C)cc(C)c2[nH]c1=O. The van der Waals surface area contributed by atoms with Crippen molar-refractivity contribution in [2.45, 2.75) is 46.7 Å². The molecule has 0 unspecified atom stereocenters. The summed E-state index contributed by atoms with van der Waals surface area (Å²) < 4.78 is 0. The third kappa shape index (κ3) is 5.41. The smallest absolute Gasteiger partial charge is 0.253 e. The van der Waals surface area contributed by atoms with Crippen LogP contribution >= 0.6 is 12.2 Å². The quantitative estimate of drug-likeness (QED) is 0.453. The molecule has 3 rings (SSSR count). The molecule has 0 saturated carbocycles. The lowest BCUT2D eigenvalue weighted by Crippen LogP contribution is -2.40. The van der Waals surface area contributed by atoms with Gasteiger partial charge in [-0.25, -0.2) is 0 Å². The number of hydrogen-bond donors (Lipinski definition) is 2. The highest BCUT2D eigenvalue weighted by Crippen LogP contribution is 2.19. The van der Waals surface area contributed by atoms with E-state index in [0.717, 1.165) is 41.4 Å². The van der Waals surface area contributed by atoms with Crippen molar-refractivity contribution < 1.29 is 0 Å². The number of aromatic nitrogens is 2. The second-order valence-electron chi connectivity index (χ2n) is 7.47. The van der Waals surface area contributed by atoms with Gasteiger partial charge in [0, 0.05) is 31.0 Å². The highest BCUT2D eigenvalue weighted by Gasteiger charge is 2.14. The van der Waals surface area contributed by atoms with Gasteiger partial charge in [0.15, 0.2) is 5.11 Å². The molecule has 6 heteroatoms. The zero-order valence-corrected chi connectivity index (χ0v) is 18.1. The second kappa shape index (κ2) is 9.65. The molecule has 0 spiro atoms. The summed E-state index contributed by atoms with van der Waals surface area (Å²) >= 11 is 5.65. The first kappa shape index (κ1) is 21.0. The predicted octanol–water partition coefficient (Wildman–Crippen LogP) is 4.22. The van der Waals surface area contributed by atoms with Gasteiger partial charge in [0.05, 0.1) is 12.1 Å². The molecule has 5 nitrogen and oxygen atoms in total. The van der Waals surface area contributed by atoms with Crippen molar-refractivity contribution in [2.75, 3.05) is 6.54 Å². The largest absolute Gasteiger partial charge is 0.363 e. The zero-order valence-electron chi connectivity index (χ0n) is 17.3. The predicted molar refractivity (Wildman–Crippen MR) is 123 cm³/mol. The third-order valence-corrected chi connectivity index (χ3v) is 5.32. The van der Waals surface area contributed by atoms with E-state index in [4.69, 9.17) is 12.2 Å². The number of nitrogens with one attached hydrogen (secondary N) is 2. The van der Waals surface area contributed by atoms with Gasteiger partial charge in [0.25, 0.3) is 5.56 Å². The third-order valence-electron chi connectivity index (χ3n) is 4.92. The molecule has 1 aromatic carbocycles. The fourth-order valence-electron chi connectivity index (χ4n) is 3.45. The van der Waals surface area contributed by atoms with Gasteiger partial charge in [-0.3, -0.25) is 9.78 Å². The van der Waals surface area contributed by atoms with E-state index in [-0.39, 0.29) is 5.56 Å². The van der Waals surface area contributed by atoms with Gasteiger partial charge in [-0.1, -0.05) is 31.0 Å². The lowest BCUT2D eigenvalue weighted by Gasteiger charge is -2.26. The summed E-state index contributed by atoms with van der Waals surface area (Å²) in [5.41, 5.74) is 4.83. The average Bonchev–Trinajstić information content (AvgIpc) is 2.69. The summed E-state index contributed by atoms with van der Waals surface area (Å²) in [6.07, 6.45) is 5.74. The lowest BCUT2D eigenvalue weighted by molar-refractivity contribution is 0.396. The Morgan fingerprint density at radius 1 is 1.24 bits per heavy atom. The minimum Gasteiger partial charge on any atom is -0.363 e. The normalized spacial score (nSPS) is 10.9. The van der Waals surface area contributed by atoms with Crippen LogP contribution in [0.3, 0.4) is 0 Å². The fourth-order valence-corrected chi connectivity index (χ4v) is 3.68. The van der Waals surface area contributed by atoms with Gasteiger partial charge in [-0.05, 0) is 67.2 Å². The number of rotatable bonds is 7. The van der Waals surface area contributed by atoms with Crippen molar-refractivity contribution in [1.29, 1.82) is 0 Å². The van der Waals surface area contributed by atoms with Crippen molar-refractivity contribution in [3.05, 3.63) is 75.3 Å². The molecule has 29 heavy (non-hydrogen) atoms. The Balaban J connectivity index is 1.90. The summed E-state index contributed by atoms with van der Waals surface area (Å²) in [7, 11) is 0. The number of H-pyrrole nitrogens is 1. The van der Waals surface area contributed by atoms with Crippen molar-refractivity contribution in [3.63, 3.8) is 0 Å². The average molecular weight is 409 g/mol. The molecule has 0 aliphatic carbocycles. The molecule has 152 valence electrons. The Labute approximate surface area is 177 Å². The first-order chi connectivity index (χ1) is 14.0. The van der Waals surface area contributed by atoms with Crippen LogP contribution in [0.4, 0.5) is 0 Å². The van der Waals surface area contributed by atoms with E-state index in [1.807, 2.05) is 36.2 Å². The topological polar surface area (TPSA) is 61.0 Å². The molecule has 0 radical (unpaired) electrons. The number of pyridine rings is 2. The summed E-state index contributed by atoms with van der Waals surface area (Å²) in [6.45, 7) is 8.09. The highest BCUT2D eigenvalue weighted by atomic mass is 32.1. The number of unbranched alkanes of at least 4 members (excludes halogenated alkanes) is 1. The van der Waals surface area contributed by atoms with Crippen LogP contribution in [0.2, 0.25) is 0 Å². The van der Waals surface area contributed by atoms with Gasteiger partial charge in [0.1, 0.15) is 0 Å². The number of aromatic amines is 1. The van der Waals surface area contributed by atoms with Gasteiger partial charge in [-0.2, -0.15) is 0 Å². The molecular weight excluding hydrogens is 380 g/mol. The maximum atomic E-state index is 12.8. The molecule has 0 amide bonds. The minimum absolute atomic E-state index is 0.0722. The van der Waals surface area contributed by atoms with Crippen LogP contribution in [0.15, 0.2) is 47.5 Å². The van der Waals surface area contributed by atoms with Crippen LogP contribution in [0.5, 0.6) is 0 Å². The molecule has 3 aromatic rings. The fraction of sp³-hybridized carbons (Fsp3) is 0.348. The van der Waals surface area contributed by atoms with E-state index in [2.05, 4.69) is 41.3 Å². The molecule has 2 aromatic heterocycles. The number of hydrogen-bond acceptors (Lipinski definition) is 3. The Morgan fingerprint density at radius 3 is 2.79 bits per heavy atom. The second-order valence-corrected chi connectivity index (χ2v) is 7.86. The lowest BCUT2D eigenvalue weighted by atomic mass is 10.1. The van der Waals surface area contributed by atoms with E-state index >= 15 is 0 Å². The standard InChI is InChI=1S/C23H28N4OS/c1-4-5-9-25-23(29)27(14-18-7-6-8-24-13-18)15-20-12-19-11-16(2)10-17(3)21(19)26-22(20)28/h6-8,10-13H,4-5,9,14-15H2,1-3H3,(H,25,29)(H,26,28). The van der Waals surface area contributed by atoms with Gasteiger partial charge in [-0.15, -0.1) is 0 Å². The Bertz CT molecular complexity index is 1050. The number of nitrogens with zero attached hydrogens (tertiary/aromatic N) is 2. The van der Waals surface area contributed by atoms with Crippen LogP contribution in [0.1, 0.15) is 42.0 Å². The maximum Gasteiger partial charge on any atom is 0.253 e. The summed E-state index contributed by atoms with van der Waals surface area (Å²) in [5, 5.41) is 5.02. The van der Waals surface area contributed by atoms with E-state index < -0.39 is 0 Å². The van der Waals surface area contributed by atoms with E-state index in [1.165, 1.54) is 5.56 Å². The van der Waals surface area contributed by atoms with Crippen LogP contribution in [-0.4, -0.2) is 26.5 Å². The van der Waals surface area contributed by atoms with Crippen molar-refractivity contribution in [2.24, 2.45) is 0 Å². The monoisotopic (exact) mass is 408 g/mol. The van der Waals surface area contributed by atoms with Crippen LogP contribution < -0.4 is 10.9 Å². The minimum atomic E-state index is -0.0722. The molecule has 2 N–H and O–H groups in total. The zero-order chi connectivity index (χ0) is 20.8. The molecule has 0 saturated heterocycles. The number of fused-ring (bicyclic) bond motifs is 1. The summed E-state index contributed by atoms with van der Waals surface area (Å²) in [6, 6.07) is 10.1. The molecule has 0 atom stereocenters. The summed E-state index contributed by atoms with van der Waals surface area (Å²) in [4.78, 5) is 22.1. The van der Waals surface area contributed by atoms with Crippen LogP contribution in [0.25, 0.3) is 10.9 Å². The first-order valence-corrected chi connectivity index (χ1v) is 10.4. The van der Waals surface area contributed by atoms with Gasteiger partial charge >= 0.3 is 0 Å². The Kier molecular flexibility index (Phi) is 6.99. The van der Waals surface area contributed by atoms with Crippen molar-refractivity contribution in [3.8, 4) is 0 Å². The van der Waals surface area contributed by atoms with Gasteiger partial charge in [0.2, 0.25) is 0 Å². The number of thiocarbonyl (C=S) groups is 1. The van der Waals surface area contributed by atoms with E-state index in [1.54, 1.807) is 6.20 Å². The molecule has 0 aliphatic heterocycles. The highest BCUT2D eigenvalue weighted by molar-refractivity contribution is 7.80. The first-order valence-electron chi connectivity index (χ1n) is 10.0. The Hall–Kier alpha value is -2.73. The van der Waals surface area contributed by atoms with Crippen molar-refractivity contribution >= 4 is 28.2 Å². The maximum absolute atomic E-state index is 12.8. The molecule has 0 bridgehead atoms. The van der Waals surface area contributed by atoms with Crippen molar-refractivity contribution in [1.82, 2.24) is 20.2 Å². The Morgan fingerprint density at radius 2 is 2.07 bits per heavy atom. The van der Waals surface area contributed by atoms with E-state index in [0.29, 0.717) is 23.8 Å². The van der Waals surface area contributed by atoms with Crippen LogP contribution in [-0.2, 0) is 13.1 Å². The van der Waals surface area contributed by atoms with Gasteiger partial charge < -0.3 is 15.2 Å². The molecule has 0 fully saturated rings. The van der Waals surface area contributed by atoms with E-state index in [9.17, 15) is 4.79 Å². The molecular formula is C23H28N4OS. The summed E-state index contributed by atoms with van der Waals surface area (Å²) in [5.74, 6) is 0. The number of benzene rings is 1. The van der Waals surface area contributed by atoms with Crippen LogP contribution in [0, 0.1) is 13.8 Å².